The number of hydrogen-bond acceptors (Lipinski definition) is 4. The van der Waals surface area contributed by atoms with Gasteiger partial charge in [0.25, 0.3) is 0 Å². The maximum atomic E-state index is 11.5. The van der Waals surface area contributed by atoms with Crippen LogP contribution in [0.25, 0.3) is 0 Å². The fraction of sp³-hybridized carbons (Fsp3) is 0.846. The Morgan fingerprint density at radius 2 is 2.16 bits per heavy atom. The molecule has 19 heavy (non-hydrogen) atoms. The Morgan fingerprint density at radius 1 is 1.42 bits per heavy atom. The summed E-state index contributed by atoms with van der Waals surface area (Å²) in [6, 6.07) is 0. The zero-order valence-electron chi connectivity index (χ0n) is 12.3. The van der Waals surface area contributed by atoms with Gasteiger partial charge < -0.3 is 20.1 Å². The summed E-state index contributed by atoms with van der Waals surface area (Å²) in [5.41, 5.74) is -0.465. The summed E-state index contributed by atoms with van der Waals surface area (Å²) in [6.07, 6.45) is 2.41. The number of aliphatic imine (C=N–C) groups is 1. The number of ether oxygens (including phenoxy) is 2. The lowest BCUT2D eigenvalue weighted by atomic mass is 10.2. The molecule has 1 saturated heterocycles. The molecule has 6 nitrogen and oxygen atoms in total. The predicted molar refractivity (Wildman–Crippen MR) is 74.2 cm³/mol. The standard InChI is InChI=1S/C13H25N3O3/c1-13(2,3)19-11(17)9-16-12(14-4)15-8-10-6-5-7-18-10/h10H,5-9H2,1-4H3,(H2,14,15,16). The van der Waals surface area contributed by atoms with E-state index in [4.69, 9.17) is 9.47 Å². The van der Waals surface area contributed by atoms with Gasteiger partial charge in [0, 0.05) is 20.2 Å². The fourth-order valence-electron chi connectivity index (χ4n) is 1.77. The third kappa shape index (κ3) is 7.00. The SMILES string of the molecule is CN=C(NCC(=O)OC(C)(C)C)NCC1CCCO1. The number of esters is 1. The van der Waals surface area contributed by atoms with Crippen molar-refractivity contribution in [2.24, 2.45) is 4.99 Å². The molecule has 1 unspecified atom stereocenters. The number of carbonyl (C=O) groups is 1. The van der Waals surface area contributed by atoms with Crippen molar-refractivity contribution in [2.45, 2.75) is 45.3 Å². The minimum atomic E-state index is -0.465. The Labute approximate surface area is 114 Å². The molecule has 0 amide bonds. The molecular weight excluding hydrogens is 246 g/mol. The molecule has 2 N–H and O–H groups in total. The third-order valence-corrected chi connectivity index (χ3v) is 2.56. The zero-order chi connectivity index (χ0) is 14.3. The highest BCUT2D eigenvalue weighted by atomic mass is 16.6. The van der Waals surface area contributed by atoms with E-state index in [1.54, 1.807) is 7.05 Å². The molecular formula is C13H25N3O3. The predicted octanol–water partition coefficient (Wildman–Crippen LogP) is 0.672. The van der Waals surface area contributed by atoms with E-state index in [-0.39, 0.29) is 18.6 Å². The average molecular weight is 271 g/mol. The van der Waals surface area contributed by atoms with Gasteiger partial charge in [0.05, 0.1) is 6.10 Å². The Hall–Kier alpha value is -1.30. The van der Waals surface area contributed by atoms with Crippen molar-refractivity contribution >= 4 is 11.9 Å². The van der Waals surface area contributed by atoms with Gasteiger partial charge in [-0.15, -0.1) is 0 Å². The van der Waals surface area contributed by atoms with Crippen LogP contribution in [-0.2, 0) is 14.3 Å². The Bertz CT molecular complexity index is 318. The van der Waals surface area contributed by atoms with Crippen LogP contribution in [0.4, 0.5) is 0 Å². The van der Waals surface area contributed by atoms with Crippen molar-refractivity contribution in [1.82, 2.24) is 10.6 Å². The molecule has 0 aromatic heterocycles. The lowest BCUT2D eigenvalue weighted by molar-refractivity contribution is -0.153. The highest BCUT2D eigenvalue weighted by molar-refractivity contribution is 5.84. The zero-order valence-corrected chi connectivity index (χ0v) is 12.3. The van der Waals surface area contributed by atoms with Gasteiger partial charge in [0.1, 0.15) is 12.1 Å². The van der Waals surface area contributed by atoms with Crippen LogP contribution >= 0.6 is 0 Å². The monoisotopic (exact) mass is 271 g/mol. The van der Waals surface area contributed by atoms with Gasteiger partial charge in [-0.2, -0.15) is 0 Å². The number of guanidine groups is 1. The second kappa shape index (κ2) is 7.33. The van der Waals surface area contributed by atoms with Crippen LogP contribution in [0.1, 0.15) is 33.6 Å². The molecule has 1 heterocycles. The third-order valence-electron chi connectivity index (χ3n) is 2.56. The van der Waals surface area contributed by atoms with Gasteiger partial charge in [-0.25, -0.2) is 0 Å². The van der Waals surface area contributed by atoms with Crippen LogP contribution in [0, 0.1) is 0 Å². The van der Waals surface area contributed by atoms with Gasteiger partial charge in [0.2, 0.25) is 0 Å². The summed E-state index contributed by atoms with van der Waals surface area (Å²) in [4.78, 5) is 15.6. The minimum Gasteiger partial charge on any atom is -0.459 e. The molecule has 0 bridgehead atoms. The number of carbonyl (C=O) groups excluding carboxylic acids is 1. The smallest absolute Gasteiger partial charge is 0.325 e. The summed E-state index contributed by atoms with van der Waals surface area (Å²) in [5, 5.41) is 6.06. The molecule has 1 rings (SSSR count). The Balaban J connectivity index is 2.23. The summed E-state index contributed by atoms with van der Waals surface area (Å²) in [7, 11) is 1.67. The van der Waals surface area contributed by atoms with Gasteiger partial charge in [-0.3, -0.25) is 9.79 Å². The molecule has 0 radical (unpaired) electrons. The van der Waals surface area contributed by atoms with E-state index in [9.17, 15) is 4.79 Å². The molecule has 1 atom stereocenters. The number of nitrogens with one attached hydrogen (secondary N) is 2. The second-order valence-corrected chi connectivity index (χ2v) is 5.53. The van der Waals surface area contributed by atoms with Crippen molar-refractivity contribution in [1.29, 1.82) is 0 Å². The maximum Gasteiger partial charge on any atom is 0.325 e. The topological polar surface area (TPSA) is 72.0 Å². The van der Waals surface area contributed by atoms with Crippen LogP contribution < -0.4 is 10.6 Å². The van der Waals surface area contributed by atoms with Crippen LogP contribution in [-0.4, -0.2) is 50.4 Å². The van der Waals surface area contributed by atoms with E-state index in [1.807, 2.05) is 20.8 Å². The molecule has 110 valence electrons. The van der Waals surface area contributed by atoms with Crippen molar-refractivity contribution in [2.75, 3.05) is 26.7 Å². The summed E-state index contributed by atoms with van der Waals surface area (Å²) in [5.74, 6) is 0.286. The molecule has 1 aliphatic rings. The number of rotatable bonds is 4. The molecule has 1 fully saturated rings. The first kappa shape index (κ1) is 15.8. The quantitative estimate of drug-likeness (QED) is 0.447. The van der Waals surface area contributed by atoms with E-state index in [0.29, 0.717) is 12.5 Å². The first-order valence-electron chi connectivity index (χ1n) is 6.68. The first-order valence-corrected chi connectivity index (χ1v) is 6.68. The van der Waals surface area contributed by atoms with Crippen LogP contribution in [0.15, 0.2) is 4.99 Å². The molecule has 0 spiro atoms. The maximum absolute atomic E-state index is 11.5. The van der Waals surface area contributed by atoms with E-state index < -0.39 is 5.60 Å². The van der Waals surface area contributed by atoms with Crippen LogP contribution in [0.2, 0.25) is 0 Å². The first-order chi connectivity index (χ1) is 8.90. The second-order valence-electron chi connectivity index (χ2n) is 5.53. The molecule has 1 aliphatic heterocycles. The minimum absolute atomic E-state index is 0.0997. The van der Waals surface area contributed by atoms with Gasteiger partial charge in [-0.05, 0) is 33.6 Å². The molecule has 0 aliphatic carbocycles. The average Bonchev–Trinajstić information content (AvgIpc) is 2.80. The van der Waals surface area contributed by atoms with Gasteiger partial charge in [0.15, 0.2) is 5.96 Å². The van der Waals surface area contributed by atoms with Gasteiger partial charge >= 0.3 is 5.97 Å². The number of nitrogens with zero attached hydrogens (tertiary/aromatic N) is 1. The lowest BCUT2D eigenvalue weighted by Gasteiger charge is -2.20. The van der Waals surface area contributed by atoms with Crippen molar-refractivity contribution in [3.05, 3.63) is 0 Å². The Kier molecular flexibility index (Phi) is 6.08. The molecule has 6 heteroatoms. The Morgan fingerprint density at radius 3 is 2.68 bits per heavy atom. The highest BCUT2D eigenvalue weighted by Crippen LogP contribution is 2.10. The fourth-order valence-corrected chi connectivity index (χ4v) is 1.77. The molecule has 0 aromatic rings. The molecule has 0 aromatic carbocycles. The summed E-state index contributed by atoms with van der Waals surface area (Å²) >= 11 is 0. The normalized spacial score (nSPS) is 20.2. The van der Waals surface area contributed by atoms with Crippen molar-refractivity contribution in [3.63, 3.8) is 0 Å². The van der Waals surface area contributed by atoms with Crippen molar-refractivity contribution < 1.29 is 14.3 Å². The van der Waals surface area contributed by atoms with E-state index in [2.05, 4.69) is 15.6 Å². The highest BCUT2D eigenvalue weighted by Gasteiger charge is 2.17. The van der Waals surface area contributed by atoms with Crippen LogP contribution in [0.3, 0.4) is 0 Å². The van der Waals surface area contributed by atoms with E-state index in [1.165, 1.54) is 0 Å². The van der Waals surface area contributed by atoms with E-state index in [0.717, 1.165) is 19.4 Å². The number of hydrogen-bond donors (Lipinski definition) is 2. The summed E-state index contributed by atoms with van der Waals surface area (Å²) in [6.45, 7) is 7.16. The lowest BCUT2D eigenvalue weighted by Crippen LogP contribution is -2.44. The molecule has 0 saturated carbocycles. The summed E-state index contributed by atoms with van der Waals surface area (Å²) < 4.78 is 10.7. The van der Waals surface area contributed by atoms with E-state index >= 15 is 0 Å². The van der Waals surface area contributed by atoms with Crippen LogP contribution in [0.5, 0.6) is 0 Å². The van der Waals surface area contributed by atoms with Crippen molar-refractivity contribution in [3.8, 4) is 0 Å². The largest absolute Gasteiger partial charge is 0.459 e. The van der Waals surface area contributed by atoms with Gasteiger partial charge in [-0.1, -0.05) is 0 Å².